The van der Waals surface area contributed by atoms with Crippen molar-refractivity contribution in [2.24, 2.45) is 0 Å². The number of nitrogens with zero attached hydrogens (tertiary/aromatic N) is 1. The van der Waals surface area contributed by atoms with Crippen molar-refractivity contribution >= 4 is 17.4 Å². The van der Waals surface area contributed by atoms with E-state index >= 15 is 0 Å². The molecule has 0 aliphatic heterocycles. The van der Waals surface area contributed by atoms with Crippen LogP contribution >= 0.6 is 11.8 Å². The van der Waals surface area contributed by atoms with Gasteiger partial charge in [-0.05, 0) is 30.7 Å². The highest BCUT2D eigenvalue weighted by molar-refractivity contribution is 7.98. The van der Waals surface area contributed by atoms with Gasteiger partial charge in [0.05, 0.1) is 5.69 Å². The highest BCUT2D eigenvalue weighted by atomic mass is 32.2. The zero-order valence-electron chi connectivity index (χ0n) is 11.1. The predicted molar refractivity (Wildman–Crippen MR) is 77.9 cm³/mol. The van der Waals surface area contributed by atoms with Gasteiger partial charge in [-0.15, -0.1) is 0 Å². The van der Waals surface area contributed by atoms with E-state index in [4.69, 9.17) is 0 Å². The quantitative estimate of drug-likeness (QED) is 0.818. The summed E-state index contributed by atoms with van der Waals surface area (Å²) in [6.07, 6.45) is 4.59. The van der Waals surface area contributed by atoms with Crippen molar-refractivity contribution in [2.75, 3.05) is 30.5 Å². The number of hydrogen-bond donors (Lipinski definition) is 1. The average molecular weight is 268 g/mol. The third-order valence-corrected chi connectivity index (χ3v) is 3.83. The molecule has 0 spiro atoms. The van der Waals surface area contributed by atoms with Crippen LogP contribution in [-0.2, 0) is 6.54 Å². The Bertz CT molecular complexity index is 393. The Morgan fingerprint density at radius 1 is 1.44 bits per heavy atom. The molecule has 0 heterocycles. The molecule has 0 saturated heterocycles. The lowest BCUT2D eigenvalue weighted by molar-refractivity contribution is 0.615. The molecule has 1 fully saturated rings. The van der Waals surface area contributed by atoms with E-state index in [1.165, 1.54) is 12.8 Å². The Balaban J connectivity index is 2.08. The lowest BCUT2D eigenvalue weighted by Gasteiger charge is -2.23. The highest BCUT2D eigenvalue weighted by Gasteiger charge is 2.21. The number of para-hydroxylation sites is 1. The van der Waals surface area contributed by atoms with Crippen molar-refractivity contribution in [1.29, 1.82) is 0 Å². The Hall–Kier alpha value is -0.740. The van der Waals surface area contributed by atoms with Crippen LogP contribution in [0.1, 0.15) is 18.4 Å². The van der Waals surface area contributed by atoms with Gasteiger partial charge in [0.25, 0.3) is 0 Å². The number of hydrogen-bond acceptors (Lipinski definition) is 3. The van der Waals surface area contributed by atoms with Crippen molar-refractivity contribution < 1.29 is 4.39 Å². The normalized spacial score (nSPS) is 14.8. The van der Waals surface area contributed by atoms with Crippen molar-refractivity contribution in [3.8, 4) is 0 Å². The van der Waals surface area contributed by atoms with Crippen LogP contribution in [-0.4, -0.2) is 31.6 Å². The molecule has 0 atom stereocenters. The Morgan fingerprint density at radius 2 is 2.22 bits per heavy atom. The second kappa shape index (κ2) is 6.43. The van der Waals surface area contributed by atoms with E-state index in [2.05, 4.69) is 11.6 Å². The first kappa shape index (κ1) is 13.7. The summed E-state index contributed by atoms with van der Waals surface area (Å²) in [7, 11) is 1.97. The zero-order chi connectivity index (χ0) is 13.0. The molecule has 0 bridgehead atoms. The SMILES string of the molecule is CSCCN(C)c1c(F)cccc1CNC1CC1. The fourth-order valence-corrected chi connectivity index (χ4v) is 2.47. The van der Waals surface area contributed by atoms with E-state index in [0.717, 1.165) is 30.1 Å². The van der Waals surface area contributed by atoms with Crippen molar-refractivity contribution in [3.05, 3.63) is 29.6 Å². The van der Waals surface area contributed by atoms with Gasteiger partial charge in [0.2, 0.25) is 0 Å². The molecule has 0 amide bonds. The first-order chi connectivity index (χ1) is 8.72. The van der Waals surface area contributed by atoms with Crippen molar-refractivity contribution in [2.45, 2.75) is 25.4 Å². The van der Waals surface area contributed by atoms with E-state index in [-0.39, 0.29) is 5.82 Å². The first-order valence-corrected chi connectivity index (χ1v) is 7.82. The Morgan fingerprint density at radius 3 is 2.89 bits per heavy atom. The van der Waals surface area contributed by atoms with Gasteiger partial charge in [-0.25, -0.2) is 4.39 Å². The summed E-state index contributed by atoms with van der Waals surface area (Å²) in [6, 6.07) is 6.01. The fourth-order valence-electron chi connectivity index (χ4n) is 2.01. The molecule has 1 aliphatic carbocycles. The third kappa shape index (κ3) is 3.62. The Kier molecular flexibility index (Phi) is 4.89. The van der Waals surface area contributed by atoms with Crippen LogP contribution in [0.5, 0.6) is 0 Å². The van der Waals surface area contributed by atoms with Crippen LogP contribution in [0.2, 0.25) is 0 Å². The van der Waals surface area contributed by atoms with E-state index in [9.17, 15) is 4.39 Å². The largest absolute Gasteiger partial charge is 0.371 e. The predicted octanol–water partition coefficient (Wildman–Crippen LogP) is 2.88. The van der Waals surface area contributed by atoms with Gasteiger partial charge < -0.3 is 10.2 Å². The van der Waals surface area contributed by atoms with Crippen LogP contribution in [0.25, 0.3) is 0 Å². The topological polar surface area (TPSA) is 15.3 Å². The summed E-state index contributed by atoms with van der Waals surface area (Å²) in [5.74, 6) is 0.897. The smallest absolute Gasteiger partial charge is 0.146 e. The van der Waals surface area contributed by atoms with Gasteiger partial charge in [-0.2, -0.15) is 11.8 Å². The van der Waals surface area contributed by atoms with Gasteiger partial charge in [0, 0.05) is 31.9 Å². The molecule has 1 aliphatic rings. The first-order valence-electron chi connectivity index (χ1n) is 6.43. The van der Waals surface area contributed by atoms with E-state index in [0.29, 0.717) is 6.04 Å². The van der Waals surface area contributed by atoms with Gasteiger partial charge >= 0.3 is 0 Å². The number of thioether (sulfide) groups is 1. The summed E-state index contributed by atoms with van der Waals surface area (Å²) in [4.78, 5) is 2.02. The van der Waals surface area contributed by atoms with Crippen LogP contribution in [0, 0.1) is 5.82 Å². The summed E-state index contributed by atoms with van der Waals surface area (Å²) < 4.78 is 14.0. The Labute approximate surface area is 113 Å². The molecule has 0 radical (unpaired) electrons. The van der Waals surface area contributed by atoms with Gasteiger partial charge in [-0.1, -0.05) is 12.1 Å². The molecule has 1 aromatic rings. The van der Waals surface area contributed by atoms with Crippen LogP contribution < -0.4 is 10.2 Å². The lowest BCUT2D eigenvalue weighted by atomic mass is 10.1. The van der Waals surface area contributed by atoms with Gasteiger partial charge in [0.1, 0.15) is 5.82 Å². The number of halogens is 1. The zero-order valence-corrected chi connectivity index (χ0v) is 11.9. The maximum Gasteiger partial charge on any atom is 0.146 e. The maximum absolute atomic E-state index is 14.0. The summed E-state index contributed by atoms with van der Waals surface area (Å²) in [6.45, 7) is 1.64. The summed E-state index contributed by atoms with van der Waals surface area (Å²) >= 11 is 1.78. The molecule has 2 rings (SSSR count). The highest BCUT2D eigenvalue weighted by Crippen LogP contribution is 2.25. The van der Waals surface area contributed by atoms with Crippen LogP contribution in [0.4, 0.5) is 10.1 Å². The number of anilines is 1. The minimum Gasteiger partial charge on any atom is -0.371 e. The molecule has 1 N–H and O–H groups in total. The fraction of sp³-hybridized carbons (Fsp3) is 0.571. The standard InChI is InChI=1S/C14H21FN2S/c1-17(8-9-18-2)14-11(4-3-5-13(14)15)10-16-12-6-7-12/h3-5,12,16H,6-10H2,1-2H3. The number of rotatable bonds is 7. The molecular weight excluding hydrogens is 247 g/mol. The minimum atomic E-state index is -0.117. The molecule has 0 unspecified atom stereocenters. The minimum absolute atomic E-state index is 0.117. The van der Waals surface area contributed by atoms with Crippen molar-refractivity contribution in [3.63, 3.8) is 0 Å². The van der Waals surface area contributed by atoms with E-state index in [1.54, 1.807) is 23.9 Å². The molecule has 4 heteroatoms. The second-order valence-electron chi connectivity index (χ2n) is 4.82. The monoisotopic (exact) mass is 268 g/mol. The van der Waals surface area contributed by atoms with Crippen LogP contribution in [0.15, 0.2) is 18.2 Å². The lowest BCUT2D eigenvalue weighted by Crippen LogP contribution is -2.25. The average Bonchev–Trinajstić information content (AvgIpc) is 3.17. The molecule has 18 heavy (non-hydrogen) atoms. The number of benzene rings is 1. The van der Waals surface area contributed by atoms with Gasteiger partial charge in [0.15, 0.2) is 0 Å². The van der Waals surface area contributed by atoms with Crippen LogP contribution in [0.3, 0.4) is 0 Å². The third-order valence-electron chi connectivity index (χ3n) is 3.24. The molecule has 100 valence electrons. The molecule has 1 saturated carbocycles. The van der Waals surface area contributed by atoms with Crippen molar-refractivity contribution in [1.82, 2.24) is 5.32 Å². The molecule has 0 aromatic heterocycles. The van der Waals surface area contributed by atoms with E-state index in [1.807, 2.05) is 18.0 Å². The van der Waals surface area contributed by atoms with E-state index < -0.39 is 0 Å². The molecule has 2 nitrogen and oxygen atoms in total. The summed E-state index contributed by atoms with van der Waals surface area (Å²) in [5.41, 5.74) is 1.81. The summed E-state index contributed by atoms with van der Waals surface area (Å²) in [5, 5.41) is 3.45. The second-order valence-corrected chi connectivity index (χ2v) is 5.80. The number of nitrogens with one attached hydrogen (secondary N) is 1. The molecule has 1 aromatic carbocycles. The molecular formula is C14H21FN2S. The maximum atomic E-state index is 14.0. The van der Waals surface area contributed by atoms with Gasteiger partial charge in [-0.3, -0.25) is 0 Å².